The molecule has 0 radical (unpaired) electrons. The summed E-state index contributed by atoms with van der Waals surface area (Å²) in [6, 6.07) is 18.7. The van der Waals surface area contributed by atoms with E-state index in [-0.39, 0.29) is 11.1 Å². The topological polar surface area (TPSA) is 140 Å². The molecule has 13 atom stereocenters. The number of likely N-dealkylation sites (N-methyl/N-ethyl adjacent to an activating group) is 3. The van der Waals surface area contributed by atoms with Gasteiger partial charge in [0, 0.05) is 130 Å². The number of morpholine rings is 3. The van der Waals surface area contributed by atoms with Gasteiger partial charge in [0.2, 0.25) is 0 Å². The highest BCUT2D eigenvalue weighted by molar-refractivity contribution is 6.21. The van der Waals surface area contributed by atoms with Gasteiger partial charge in [0.25, 0.3) is 0 Å². The molecular formula is C90H173Cl4N15O3. The van der Waals surface area contributed by atoms with Gasteiger partial charge in [-0.15, -0.1) is 34.8 Å². The van der Waals surface area contributed by atoms with Gasteiger partial charge >= 0.3 is 0 Å². The molecule has 0 bridgehead atoms. The van der Waals surface area contributed by atoms with Crippen molar-refractivity contribution in [1.29, 1.82) is 0 Å². The highest BCUT2D eigenvalue weighted by Gasteiger charge is 2.25. The zero-order chi connectivity index (χ0) is 83.4. The van der Waals surface area contributed by atoms with Gasteiger partial charge in [-0.05, 0) is 282 Å². The molecule has 3 aromatic heterocycles. The number of alkyl halides is 4. The molecular weight excluding hydrogens is 1480 g/mol. The minimum atomic E-state index is -0.0891. The Morgan fingerprint density at radius 2 is 1.02 bits per heavy atom. The second kappa shape index (κ2) is 68.7. The van der Waals surface area contributed by atoms with Crippen LogP contribution in [0.2, 0.25) is 0 Å². The lowest BCUT2D eigenvalue weighted by atomic mass is 9.79. The smallest absolute Gasteiger partial charge is 0.143 e. The average Bonchev–Trinajstić information content (AvgIpc) is 1.82. The van der Waals surface area contributed by atoms with Crippen molar-refractivity contribution in [2.45, 2.75) is 285 Å². The van der Waals surface area contributed by atoms with Crippen LogP contribution in [0.5, 0.6) is 0 Å². The third kappa shape index (κ3) is 57.2. The van der Waals surface area contributed by atoms with Gasteiger partial charge in [-0.3, -0.25) is 19.9 Å². The Kier molecular flexibility index (Phi) is 66.3. The normalized spacial score (nSPS) is 27.2. The van der Waals surface area contributed by atoms with Crippen molar-refractivity contribution in [3.8, 4) is 0 Å². The minimum absolute atomic E-state index is 0.0868. The van der Waals surface area contributed by atoms with Crippen LogP contribution >= 0.6 is 46.4 Å². The number of hydrogen-bond acceptors (Lipinski definition) is 18. The number of ether oxygens (including phenoxy) is 3. The fourth-order valence-corrected chi connectivity index (χ4v) is 16.6. The number of aromatic nitrogens is 3. The van der Waals surface area contributed by atoms with E-state index in [1.54, 1.807) is 6.20 Å². The second-order valence-corrected chi connectivity index (χ2v) is 36.4. The Morgan fingerprint density at radius 1 is 0.473 bits per heavy atom. The van der Waals surface area contributed by atoms with Crippen molar-refractivity contribution in [1.82, 2.24) is 75.4 Å². The lowest BCUT2D eigenvalue weighted by Crippen LogP contribution is -2.38. The Morgan fingerprint density at radius 3 is 1.37 bits per heavy atom. The Bertz CT molecular complexity index is 2330. The summed E-state index contributed by atoms with van der Waals surface area (Å²) in [5.41, 5.74) is 3.68. The van der Waals surface area contributed by atoms with Gasteiger partial charge in [0.05, 0.1) is 38.2 Å². The highest BCUT2D eigenvalue weighted by Crippen LogP contribution is 2.32. The number of nitrogens with zero attached hydrogens (tertiary/aromatic N) is 11. The summed E-state index contributed by atoms with van der Waals surface area (Å²) in [5, 5.41) is 13.8. The molecule has 6 heterocycles. The number of hydrogen-bond donors (Lipinski definition) is 4. The van der Waals surface area contributed by atoms with Gasteiger partial charge in [0.15, 0.2) is 0 Å². The summed E-state index contributed by atoms with van der Waals surface area (Å²) in [6.45, 7) is 22.5. The predicted molar refractivity (Wildman–Crippen MR) is 486 cm³/mol. The summed E-state index contributed by atoms with van der Waals surface area (Å²) < 4.78 is 15.5. The molecule has 10 aliphatic rings. The van der Waals surface area contributed by atoms with Gasteiger partial charge in [0.1, 0.15) is 11.1 Å². The van der Waals surface area contributed by atoms with E-state index in [9.17, 15) is 0 Å². The van der Waals surface area contributed by atoms with Gasteiger partial charge in [-0.1, -0.05) is 128 Å². The molecule has 7 saturated carbocycles. The van der Waals surface area contributed by atoms with Crippen molar-refractivity contribution in [3.63, 3.8) is 0 Å². The van der Waals surface area contributed by atoms with Crippen LogP contribution in [0.3, 0.4) is 0 Å². The molecule has 3 saturated heterocycles. The van der Waals surface area contributed by atoms with Crippen LogP contribution in [-0.2, 0) is 33.8 Å². The van der Waals surface area contributed by atoms with E-state index in [1.165, 1.54) is 172 Å². The van der Waals surface area contributed by atoms with Crippen LogP contribution < -0.4 is 21.3 Å². The minimum Gasteiger partial charge on any atom is -0.377 e. The maximum Gasteiger partial charge on any atom is 0.143 e. The molecule has 0 aromatic carbocycles. The van der Waals surface area contributed by atoms with Crippen LogP contribution in [-0.4, -0.2) is 297 Å². The number of pyridine rings is 3. The molecule has 0 spiro atoms. The maximum atomic E-state index is 5.92. The van der Waals surface area contributed by atoms with Crippen LogP contribution in [0.4, 0.5) is 0 Å². The second-order valence-electron chi connectivity index (χ2n) is 34.3. The lowest BCUT2D eigenvalue weighted by Gasteiger charge is -2.27. The summed E-state index contributed by atoms with van der Waals surface area (Å²) in [6.07, 6.45) is 45.6. The Hall–Kier alpha value is -1.99. The third-order valence-electron chi connectivity index (χ3n) is 22.8. The van der Waals surface area contributed by atoms with Crippen molar-refractivity contribution < 1.29 is 14.2 Å². The molecule has 22 heteroatoms. The Labute approximate surface area is 709 Å². The van der Waals surface area contributed by atoms with E-state index in [0.29, 0.717) is 35.5 Å². The maximum absolute atomic E-state index is 5.92. The van der Waals surface area contributed by atoms with E-state index in [1.807, 2.05) is 118 Å². The van der Waals surface area contributed by atoms with Crippen molar-refractivity contribution in [2.24, 2.45) is 23.7 Å². The van der Waals surface area contributed by atoms with Crippen molar-refractivity contribution in [2.75, 3.05) is 179 Å². The van der Waals surface area contributed by atoms with Gasteiger partial charge in [-0.2, -0.15) is 0 Å². The fourth-order valence-electron chi connectivity index (χ4n) is 15.4. The molecule has 0 amide bonds. The molecule has 18 nitrogen and oxygen atoms in total. The number of nitrogens with one attached hydrogen (secondary N) is 4. The monoisotopic (exact) mass is 1650 g/mol. The zero-order valence-electron chi connectivity index (χ0n) is 75.6. The molecule has 654 valence electrons. The SMILES string of the molecule is CC1CN(C)CCO1.CCC1CCCCC1C.CN(C)C1CCCC1.CN(C)C1CCCCC1.CN(C)Cc1ccccn1.CN(C)Cc1cccnc1.CN(C)Cc1ccncc1.CN1CCOC(Cl)C1.CN1CCOCC1Cl.CNC1CCC(C)C1.CNC1CCC(Cl)C1.CNC1CCCC1C.CNC1CCCC1Cl. The van der Waals surface area contributed by atoms with Crippen LogP contribution in [0, 0.1) is 23.7 Å². The Balaban J connectivity index is 0.000000607. The summed E-state index contributed by atoms with van der Waals surface area (Å²) in [7, 11) is 35.3. The first-order chi connectivity index (χ1) is 53.5. The zero-order valence-corrected chi connectivity index (χ0v) is 78.6. The number of rotatable bonds is 13. The number of halogens is 4. The fraction of sp³-hybridized carbons (Fsp3) is 0.833. The molecule has 13 unspecified atom stereocenters. The molecule has 3 aliphatic heterocycles. The molecule has 112 heavy (non-hydrogen) atoms. The van der Waals surface area contributed by atoms with Gasteiger partial charge < -0.3 is 69.8 Å². The lowest BCUT2D eigenvalue weighted by molar-refractivity contribution is -0.00861. The third-order valence-corrected chi connectivity index (χ3v) is 24.4. The first-order valence-corrected chi connectivity index (χ1v) is 45.4. The summed E-state index contributed by atoms with van der Waals surface area (Å²) in [4.78, 5) is 29.7. The van der Waals surface area contributed by atoms with Crippen LogP contribution in [0.25, 0.3) is 0 Å². The molecule has 7 aliphatic carbocycles. The molecule has 10 fully saturated rings. The average molecular weight is 1660 g/mol. The highest BCUT2D eigenvalue weighted by atomic mass is 35.5. The quantitative estimate of drug-likeness (QED) is 0.0952. The van der Waals surface area contributed by atoms with Crippen molar-refractivity contribution >= 4 is 46.4 Å². The largest absolute Gasteiger partial charge is 0.377 e. The first kappa shape index (κ1) is 108. The molecule has 13 rings (SSSR count). The van der Waals surface area contributed by atoms with E-state index >= 15 is 0 Å². The van der Waals surface area contributed by atoms with E-state index in [4.69, 9.17) is 60.6 Å². The van der Waals surface area contributed by atoms with E-state index < -0.39 is 0 Å². The van der Waals surface area contributed by atoms with E-state index in [0.717, 1.165) is 132 Å². The molecule has 4 N–H and O–H groups in total. The standard InChI is InChI=1S/C9H18.3C8H12N2.C8H17N.3C7H15N.2C6H12ClN.C6H13NO.2C5H10ClNO/c1-3-9-7-5-4-6-8(9)2;1-10(2)7-8-3-5-9-6-4-8;1-10(2)7-8-4-3-5-9-6-8;1-10(2)7-8-5-3-4-6-9-8;1-9(2)8-6-4-3-5-7-8;1-6-3-4-7(5-6)8-2;1-8(2)7-5-3-4-6-7;1-6-4-3-5-7(6)8-2;1-8-6-3-2-5(7)4-6;1-8-6-4-2-3-5(6)7;1-6-5-7(2)3-4-8-6;1-7-2-3-8-4-5(7)6;1-7-2-3-8-5(6)4-7/h8-9H,3-7H2,1-2H3;3*3-6H,7H2,1-2H3;8H,3-7H2,1-2H3;6-8H,3-5H2,1-2H3;7H,3-6H2,1-2H3;6-8H,3-5H2,1-2H3;2*5-6,8H,2-4H2,1H3;6H,3-5H2,1-2H3;2*5H,2-4H2,1H3. The van der Waals surface area contributed by atoms with Crippen LogP contribution in [0.1, 0.15) is 218 Å². The van der Waals surface area contributed by atoms with Crippen molar-refractivity contribution in [3.05, 3.63) is 90.3 Å². The van der Waals surface area contributed by atoms with Gasteiger partial charge in [-0.25, -0.2) is 0 Å². The summed E-state index contributed by atoms with van der Waals surface area (Å²) >= 11 is 23.2. The summed E-state index contributed by atoms with van der Waals surface area (Å²) in [5.74, 6) is 3.95. The van der Waals surface area contributed by atoms with Crippen LogP contribution in [0.15, 0.2) is 73.4 Å². The predicted octanol–water partition coefficient (Wildman–Crippen LogP) is 16.9. The van der Waals surface area contributed by atoms with E-state index in [2.05, 4.69) is 180 Å². The molecule has 3 aromatic rings. The first-order valence-electron chi connectivity index (χ1n) is 43.6.